The minimum atomic E-state index is -0.903. The molecule has 1 aromatic carbocycles. The van der Waals surface area contributed by atoms with Crippen molar-refractivity contribution in [1.29, 1.82) is 0 Å². The first-order chi connectivity index (χ1) is 9.81. The van der Waals surface area contributed by atoms with Gasteiger partial charge in [-0.15, -0.1) is 0 Å². The third kappa shape index (κ3) is 5.60. The summed E-state index contributed by atoms with van der Waals surface area (Å²) in [6.07, 6.45) is 3.02. The van der Waals surface area contributed by atoms with Crippen molar-refractivity contribution in [3.05, 3.63) is 40.4 Å². The molecule has 0 aliphatic rings. The molecule has 1 unspecified atom stereocenters. The minimum absolute atomic E-state index is 0.0392. The second-order valence-corrected chi connectivity index (χ2v) is 5.68. The van der Waals surface area contributed by atoms with Crippen molar-refractivity contribution in [2.75, 3.05) is 6.54 Å². The predicted molar refractivity (Wildman–Crippen MR) is 84.2 cm³/mol. The fourth-order valence-electron chi connectivity index (χ4n) is 1.76. The van der Waals surface area contributed by atoms with Crippen LogP contribution in [0.25, 0.3) is 6.08 Å². The van der Waals surface area contributed by atoms with Gasteiger partial charge in [-0.25, -0.2) is 0 Å². The van der Waals surface area contributed by atoms with Gasteiger partial charge >= 0.3 is 5.97 Å². The van der Waals surface area contributed by atoms with E-state index in [0.29, 0.717) is 5.02 Å². The Balaban J connectivity index is 2.58. The number of nitrogens with one attached hydrogen (secondary N) is 1. The van der Waals surface area contributed by atoms with Crippen LogP contribution in [0, 0.1) is 18.8 Å². The Morgan fingerprint density at radius 1 is 1.38 bits per heavy atom. The Kier molecular flexibility index (Phi) is 6.43. The number of carbonyl (C=O) groups excluding carboxylic acids is 1. The van der Waals surface area contributed by atoms with Crippen LogP contribution in [0.15, 0.2) is 24.3 Å². The maximum absolute atomic E-state index is 11.7. The highest BCUT2D eigenvalue weighted by molar-refractivity contribution is 6.31. The zero-order valence-corrected chi connectivity index (χ0v) is 13.1. The Morgan fingerprint density at radius 3 is 2.57 bits per heavy atom. The van der Waals surface area contributed by atoms with Crippen LogP contribution in [0.1, 0.15) is 25.0 Å². The van der Waals surface area contributed by atoms with E-state index in [1.54, 1.807) is 12.1 Å². The Labute approximate surface area is 129 Å². The summed E-state index contributed by atoms with van der Waals surface area (Å²) in [7, 11) is 0. The molecular formula is C16H20ClNO3. The lowest BCUT2D eigenvalue weighted by Gasteiger charge is -2.15. The van der Waals surface area contributed by atoms with Crippen LogP contribution in [-0.4, -0.2) is 23.5 Å². The molecule has 0 aliphatic carbocycles. The van der Waals surface area contributed by atoms with E-state index in [-0.39, 0.29) is 18.4 Å². The lowest BCUT2D eigenvalue weighted by molar-refractivity contribution is -0.143. The third-order valence-electron chi connectivity index (χ3n) is 3.24. The highest BCUT2D eigenvalue weighted by Crippen LogP contribution is 2.17. The van der Waals surface area contributed by atoms with E-state index >= 15 is 0 Å². The van der Waals surface area contributed by atoms with E-state index in [4.69, 9.17) is 16.7 Å². The number of carboxylic acid groups (broad SMARTS) is 1. The van der Waals surface area contributed by atoms with Crippen LogP contribution >= 0.6 is 11.6 Å². The molecule has 5 heteroatoms. The number of halogens is 1. The molecule has 21 heavy (non-hydrogen) atoms. The summed E-state index contributed by atoms with van der Waals surface area (Å²) in [4.78, 5) is 22.7. The molecule has 0 radical (unpaired) electrons. The summed E-state index contributed by atoms with van der Waals surface area (Å²) in [5.74, 6) is -1.85. The lowest BCUT2D eigenvalue weighted by Crippen LogP contribution is -2.34. The summed E-state index contributed by atoms with van der Waals surface area (Å²) in [5, 5.41) is 12.3. The molecule has 0 saturated carbocycles. The number of hydrogen-bond donors (Lipinski definition) is 2. The number of benzene rings is 1. The SMILES string of the molecule is Cc1ccc(C=CC(=O)NCC(C(=O)O)C(C)C)cc1Cl. The van der Waals surface area contributed by atoms with Crippen molar-refractivity contribution in [2.24, 2.45) is 11.8 Å². The summed E-state index contributed by atoms with van der Waals surface area (Å²) >= 11 is 6.00. The van der Waals surface area contributed by atoms with E-state index in [9.17, 15) is 9.59 Å². The fraction of sp³-hybridized carbons (Fsp3) is 0.375. The lowest BCUT2D eigenvalue weighted by atomic mass is 9.96. The van der Waals surface area contributed by atoms with Gasteiger partial charge in [-0.1, -0.05) is 37.6 Å². The fourth-order valence-corrected chi connectivity index (χ4v) is 1.95. The normalized spacial score (nSPS) is 12.6. The van der Waals surface area contributed by atoms with Crippen LogP contribution < -0.4 is 5.32 Å². The van der Waals surface area contributed by atoms with Crippen molar-refractivity contribution in [3.8, 4) is 0 Å². The molecule has 0 aliphatic heterocycles. The molecule has 114 valence electrons. The molecule has 0 bridgehead atoms. The first-order valence-electron chi connectivity index (χ1n) is 6.76. The summed E-state index contributed by atoms with van der Waals surface area (Å²) in [6, 6.07) is 5.51. The van der Waals surface area contributed by atoms with Crippen molar-refractivity contribution < 1.29 is 14.7 Å². The zero-order valence-electron chi connectivity index (χ0n) is 12.4. The largest absolute Gasteiger partial charge is 0.481 e. The molecule has 1 rings (SSSR count). The van der Waals surface area contributed by atoms with E-state index in [1.165, 1.54) is 6.08 Å². The number of hydrogen-bond acceptors (Lipinski definition) is 2. The van der Waals surface area contributed by atoms with E-state index in [0.717, 1.165) is 11.1 Å². The smallest absolute Gasteiger partial charge is 0.308 e. The monoisotopic (exact) mass is 309 g/mol. The highest BCUT2D eigenvalue weighted by atomic mass is 35.5. The van der Waals surface area contributed by atoms with E-state index in [1.807, 2.05) is 32.9 Å². The predicted octanol–water partition coefficient (Wildman–Crippen LogP) is 3.13. The number of rotatable bonds is 6. The van der Waals surface area contributed by atoms with Crippen LogP contribution in [0.4, 0.5) is 0 Å². The van der Waals surface area contributed by atoms with Crippen LogP contribution in [-0.2, 0) is 9.59 Å². The Morgan fingerprint density at radius 2 is 2.05 bits per heavy atom. The molecule has 1 atom stereocenters. The number of amides is 1. The molecular weight excluding hydrogens is 290 g/mol. The van der Waals surface area contributed by atoms with Gasteiger partial charge in [-0.2, -0.15) is 0 Å². The van der Waals surface area contributed by atoms with Gasteiger partial charge in [0.05, 0.1) is 5.92 Å². The van der Waals surface area contributed by atoms with Gasteiger partial charge in [0, 0.05) is 17.6 Å². The second kappa shape index (κ2) is 7.84. The van der Waals surface area contributed by atoms with Gasteiger partial charge in [-0.3, -0.25) is 9.59 Å². The summed E-state index contributed by atoms with van der Waals surface area (Å²) in [6.45, 7) is 5.65. The van der Waals surface area contributed by atoms with Gasteiger partial charge in [-0.05, 0) is 36.1 Å². The maximum atomic E-state index is 11.7. The van der Waals surface area contributed by atoms with Crippen molar-refractivity contribution in [2.45, 2.75) is 20.8 Å². The highest BCUT2D eigenvalue weighted by Gasteiger charge is 2.21. The van der Waals surface area contributed by atoms with Crippen LogP contribution in [0.2, 0.25) is 5.02 Å². The molecule has 0 aromatic heterocycles. The third-order valence-corrected chi connectivity index (χ3v) is 3.65. The van der Waals surface area contributed by atoms with Crippen LogP contribution in [0.5, 0.6) is 0 Å². The molecule has 2 N–H and O–H groups in total. The molecule has 0 spiro atoms. The number of aryl methyl sites for hydroxylation is 1. The molecule has 0 saturated heterocycles. The van der Waals surface area contributed by atoms with Crippen molar-refractivity contribution >= 4 is 29.6 Å². The first-order valence-corrected chi connectivity index (χ1v) is 7.14. The second-order valence-electron chi connectivity index (χ2n) is 5.28. The quantitative estimate of drug-likeness (QED) is 0.793. The minimum Gasteiger partial charge on any atom is -0.481 e. The Hall–Kier alpha value is -1.81. The summed E-state index contributed by atoms with van der Waals surface area (Å²) in [5.41, 5.74) is 1.79. The van der Waals surface area contributed by atoms with Gasteiger partial charge in [0.2, 0.25) is 5.91 Å². The van der Waals surface area contributed by atoms with Crippen LogP contribution in [0.3, 0.4) is 0 Å². The molecule has 4 nitrogen and oxygen atoms in total. The summed E-state index contributed by atoms with van der Waals surface area (Å²) < 4.78 is 0. The number of carboxylic acids is 1. The van der Waals surface area contributed by atoms with Gasteiger partial charge in [0.1, 0.15) is 0 Å². The number of carbonyl (C=O) groups is 2. The number of aliphatic carboxylic acids is 1. The standard InChI is InChI=1S/C16H20ClNO3/c1-10(2)13(16(20)21)9-18-15(19)7-6-12-5-4-11(3)14(17)8-12/h4-8,10,13H,9H2,1-3H3,(H,18,19)(H,20,21). The average Bonchev–Trinajstić information content (AvgIpc) is 2.39. The molecule has 0 fully saturated rings. The topological polar surface area (TPSA) is 66.4 Å². The van der Waals surface area contributed by atoms with Crippen molar-refractivity contribution in [3.63, 3.8) is 0 Å². The van der Waals surface area contributed by atoms with Crippen molar-refractivity contribution in [1.82, 2.24) is 5.32 Å². The maximum Gasteiger partial charge on any atom is 0.308 e. The van der Waals surface area contributed by atoms with E-state index in [2.05, 4.69) is 5.32 Å². The van der Waals surface area contributed by atoms with E-state index < -0.39 is 11.9 Å². The zero-order chi connectivity index (χ0) is 16.0. The molecule has 0 heterocycles. The van der Waals surface area contributed by atoms with Gasteiger partial charge in [0.15, 0.2) is 0 Å². The average molecular weight is 310 g/mol. The molecule has 1 amide bonds. The Bertz CT molecular complexity index is 552. The first kappa shape index (κ1) is 17.2. The van der Waals surface area contributed by atoms with Gasteiger partial charge in [0.25, 0.3) is 0 Å². The molecule has 1 aromatic rings. The van der Waals surface area contributed by atoms with Gasteiger partial charge < -0.3 is 10.4 Å².